The Hall–Kier alpha value is -4.05. The van der Waals surface area contributed by atoms with E-state index in [0.717, 1.165) is 13.1 Å². The van der Waals surface area contributed by atoms with Crippen LogP contribution in [0.2, 0.25) is 0 Å². The first kappa shape index (κ1) is 24.2. The molecular weight excluding hydrogens is 435 g/mol. The summed E-state index contributed by atoms with van der Waals surface area (Å²) < 4.78 is 43.7. The van der Waals surface area contributed by atoms with E-state index in [2.05, 4.69) is 15.3 Å². The van der Waals surface area contributed by atoms with Crippen LogP contribution in [0.15, 0.2) is 36.8 Å². The number of rotatable bonds is 7. The smallest absolute Gasteiger partial charge is 0.419 e. The molecule has 0 spiro atoms. The highest BCUT2D eigenvalue weighted by molar-refractivity contribution is 6.11. The Balaban J connectivity index is 1.94. The van der Waals surface area contributed by atoms with Gasteiger partial charge in [0.1, 0.15) is 12.7 Å². The molecular formula is C19H16F3N5O5. The molecule has 0 aliphatic rings. The van der Waals surface area contributed by atoms with Gasteiger partial charge in [-0.2, -0.15) is 18.4 Å². The van der Waals surface area contributed by atoms with Crippen LogP contribution in [0.3, 0.4) is 0 Å². The minimum Gasteiger partial charge on any atom is -0.461 e. The summed E-state index contributed by atoms with van der Waals surface area (Å²) in [7, 11) is 0. The van der Waals surface area contributed by atoms with Crippen molar-refractivity contribution in [2.45, 2.75) is 18.7 Å². The summed E-state index contributed by atoms with van der Waals surface area (Å²) in [5, 5.41) is 23.2. The number of hydrogen-bond donors (Lipinski definition) is 3. The van der Waals surface area contributed by atoms with Gasteiger partial charge in [-0.1, -0.05) is 0 Å². The Morgan fingerprint density at radius 1 is 1.28 bits per heavy atom. The van der Waals surface area contributed by atoms with Crippen molar-refractivity contribution in [3.8, 4) is 6.07 Å². The largest absolute Gasteiger partial charge is 0.461 e. The lowest BCUT2D eigenvalue weighted by atomic mass is 10.1. The monoisotopic (exact) mass is 451 g/mol. The van der Waals surface area contributed by atoms with E-state index in [0.29, 0.717) is 6.07 Å². The van der Waals surface area contributed by atoms with E-state index >= 15 is 0 Å². The standard InChI is InChI=1S/C19H16F3N5O5/c1-18(31,17(30)32-6-5-25-15(28)11-3-2-4-24-9-11)16(29)27-12-7-13(19(20,21)22)14(8-23)26-10-12/h2-4,7,9-10,31H,5-6H2,1H3,(H,25,28)(H,27,29). The Morgan fingerprint density at radius 3 is 2.59 bits per heavy atom. The third-order valence-corrected chi connectivity index (χ3v) is 3.94. The first-order chi connectivity index (χ1) is 15.0. The number of carbonyl (C=O) groups is 3. The number of aliphatic hydroxyl groups is 1. The predicted octanol–water partition coefficient (Wildman–Crippen LogP) is 1.03. The van der Waals surface area contributed by atoms with Crippen LogP contribution in [0.5, 0.6) is 0 Å². The maximum Gasteiger partial charge on any atom is 0.419 e. The molecule has 32 heavy (non-hydrogen) atoms. The maximum absolute atomic E-state index is 13.0. The summed E-state index contributed by atoms with van der Waals surface area (Å²) in [5.41, 5.74) is -5.31. The first-order valence-electron chi connectivity index (χ1n) is 8.83. The summed E-state index contributed by atoms with van der Waals surface area (Å²) in [5.74, 6) is -3.28. The van der Waals surface area contributed by atoms with Crippen molar-refractivity contribution in [3.05, 3.63) is 53.6 Å². The highest BCUT2D eigenvalue weighted by Gasteiger charge is 2.41. The number of pyridine rings is 2. The fourth-order valence-electron chi connectivity index (χ4n) is 2.23. The third-order valence-electron chi connectivity index (χ3n) is 3.94. The topological polar surface area (TPSA) is 154 Å². The molecule has 10 nitrogen and oxygen atoms in total. The summed E-state index contributed by atoms with van der Waals surface area (Å²) in [4.78, 5) is 43.2. The van der Waals surface area contributed by atoms with E-state index in [9.17, 15) is 32.7 Å². The number of esters is 1. The number of nitrogens with zero attached hydrogens (tertiary/aromatic N) is 3. The zero-order valence-corrected chi connectivity index (χ0v) is 16.4. The van der Waals surface area contributed by atoms with E-state index in [1.807, 2.05) is 5.32 Å². The number of halogens is 3. The molecule has 2 amide bonds. The molecule has 0 aliphatic heterocycles. The van der Waals surface area contributed by atoms with Gasteiger partial charge in [0, 0.05) is 12.4 Å². The van der Waals surface area contributed by atoms with Crippen LogP contribution >= 0.6 is 0 Å². The molecule has 3 N–H and O–H groups in total. The second-order valence-electron chi connectivity index (χ2n) is 6.39. The van der Waals surface area contributed by atoms with Gasteiger partial charge in [-0.25, -0.2) is 9.78 Å². The normalized spacial score (nSPS) is 12.8. The van der Waals surface area contributed by atoms with Crippen LogP contribution in [0.1, 0.15) is 28.5 Å². The first-order valence-corrected chi connectivity index (χ1v) is 8.83. The van der Waals surface area contributed by atoms with Crippen molar-refractivity contribution < 1.29 is 37.4 Å². The number of hydrogen-bond acceptors (Lipinski definition) is 8. The second kappa shape index (κ2) is 9.84. The molecule has 0 saturated carbocycles. The summed E-state index contributed by atoms with van der Waals surface area (Å²) in [6.07, 6.45) is -1.36. The van der Waals surface area contributed by atoms with Crippen molar-refractivity contribution in [1.29, 1.82) is 5.26 Å². The lowest BCUT2D eigenvalue weighted by Gasteiger charge is -2.21. The SMILES string of the molecule is CC(O)(C(=O)Nc1cnc(C#N)c(C(F)(F)F)c1)C(=O)OCCNC(=O)c1cccnc1. The van der Waals surface area contributed by atoms with E-state index in [1.165, 1.54) is 24.5 Å². The van der Waals surface area contributed by atoms with Crippen molar-refractivity contribution in [2.75, 3.05) is 18.5 Å². The zero-order chi connectivity index (χ0) is 23.9. The number of ether oxygens (including phenoxy) is 1. The Labute approximate surface area is 179 Å². The highest BCUT2D eigenvalue weighted by Crippen LogP contribution is 2.32. The van der Waals surface area contributed by atoms with Gasteiger partial charge < -0.3 is 20.5 Å². The van der Waals surface area contributed by atoms with Crippen molar-refractivity contribution in [1.82, 2.24) is 15.3 Å². The van der Waals surface area contributed by atoms with Crippen LogP contribution in [0, 0.1) is 11.3 Å². The third kappa shape index (κ3) is 5.99. The molecule has 2 aromatic rings. The molecule has 0 fully saturated rings. The maximum atomic E-state index is 13.0. The number of nitrogens with one attached hydrogen (secondary N) is 2. The molecule has 2 rings (SSSR count). The number of amides is 2. The van der Waals surface area contributed by atoms with Crippen LogP contribution in [-0.4, -0.2) is 51.6 Å². The quantitative estimate of drug-likeness (QED) is 0.320. The molecule has 0 saturated heterocycles. The summed E-state index contributed by atoms with van der Waals surface area (Å²) in [6.45, 7) is 0.233. The molecule has 0 aliphatic carbocycles. The van der Waals surface area contributed by atoms with Gasteiger partial charge in [-0.3, -0.25) is 14.6 Å². The van der Waals surface area contributed by atoms with Crippen LogP contribution in [-0.2, 0) is 20.5 Å². The second-order valence-corrected chi connectivity index (χ2v) is 6.39. The van der Waals surface area contributed by atoms with Crippen LogP contribution in [0.4, 0.5) is 18.9 Å². The zero-order valence-electron chi connectivity index (χ0n) is 16.4. The van der Waals surface area contributed by atoms with E-state index in [-0.39, 0.29) is 12.1 Å². The molecule has 1 unspecified atom stereocenters. The fraction of sp³-hybridized carbons (Fsp3) is 0.263. The molecule has 0 radical (unpaired) electrons. The van der Waals surface area contributed by atoms with Gasteiger partial charge in [-0.05, 0) is 25.1 Å². The fourth-order valence-corrected chi connectivity index (χ4v) is 2.23. The van der Waals surface area contributed by atoms with E-state index in [4.69, 9.17) is 10.00 Å². The lowest BCUT2D eigenvalue weighted by molar-refractivity contribution is -0.167. The average molecular weight is 451 g/mol. The number of anilines is 1. The highest BCUT2D eigenvalue weighted by atomic mass is 19.4. The van der Waals surface area contributed by atoms with Gasteiger partial charge in [0.15, 0.2) is 5.69 Å². The molecule has 0 bridgehead atoms. The lowest BCUT2D eigenvalue weighted by Crippen LogP contribution is -2.48. The van der Waals surface area contributed by atoms with Crippen molar-refractivity contribution in [3.63, 3.8) is 0 Å². The molecule has 2 aromatic heterocycles. The Morgan fingerprint density at radius 2 is 2.00 bits per heavy atom. The molecule has 0 aromatic carbocycles. The Bertz CT molecular complexity index is 1050. The summed E-state index contributed by atoms with van der Waals surface area (Å²) >= 11 is 0. The van der Waals surface area contributed by atoms with Gasteiger partial charge in [-0.15, -0.1) is 0 Å². The minimum atomic E-state index is -4.92. The van der Waals surface area contributed by atoms with Gasteiger partial charge >= 0.3 is 12.1 Å². The van der Waals surface area contributed by atoms with Crippen LogP contribution in [0.25, 0.3) is 0 Å². The molecule has 2 heterocycles. The molecule has 168 valence electrons. The molecule has 13 heteroatoms. The number of carbonyl (C=O) groups excluding carboxylic acids is 3. The predicted molar refractivity (Wildman–Crippen MR) is 101 cm³/mol. The van der Waals surface area contributed by atoms with Crippen molar-refractivity contribution in [2.24, 2.45) is 0 Å². The minimum absolute atomic E-state index is 0.147. The van der Waals surface area contributed by atoms with Gasteiger partial charge in [0.05, 0.1) is 29.6 Å². The average Bonchev–Trinajstić information content (AvgIpc) is 2.76. The number of aromatic nitrogens is 2. The van der Waals surface area contributed by atoms with Crippen LogP contribution < -0.4 is 10.6 Å². The number of nitriles is 1. The van der Waals surface area contributed by atoms with E-state index < -0.39 is 53.1 Å². The number of alkyl halides is 3. The Kier molecular flexibility index (Phi) is 7.45. The molecule has 1 atom stereocenters. The van der Waals surface area contributed by atoms with Crippen molar-refractivity contribution >= 4 is 23.5 Å². The summed E-state index contributed by atoms with van der Waals surface area (Å²) in [6, 6.07) is 4.77. The van der Waals surface area contributed by atoms with Gasteiger partial charge in [0.25, 0.3) is 11.8 Å². The van der Waals surface area contributed by atoms with E-state index in [1.54, 1.807) is 6.07 Å². The van der Waals surface area contributed by atoms with Gasteiger partial charge in [0.2, 0.25) is 5.60 Å².